The molecule has 7 nitrogen and oxygen atoms in total. The van der Waals surface area contributed by atoms with Gasteiger partial charge in [-0.25, -0.2) is 4.99 Å². The van der Waals surface area contributed by atoms with Gasteiger partial charge in [0, 0.05) is 5.69 Å². The molecule has 1 aliphatic heterocycles. The lowest BCUT2D eigenvalue weighted by Crippen LogP contribution is -2.20. The quantitative estimate of drug-likeness (QED) is 0.392. The lowest BCUT2D eigenvalue weighted by molar-refractivity contribution is -0.118. The topological polar surface area (TPSA) is 89.0 Å². The smallest absolute Gasteiger partial charge is 0.264 e. The van der Waals surface area contributed by atoms with Crippen LogP contribution in [-0.4, -0.2) is 30.2 Å². The van der Waals surface area contributed by atoms with Crippen molar-refractivity contribution in [3.63, 3.8) is 0 Å². The first-order valence-corrected chi connectivity index (χ1v) is 12.3. The van der Waals surface area contributed by atoms with Gasteiger partial charge in [-0.05, 0) is 86.1 Å². The summed E-state index contributed by atoms with van der Waals surface area (Å²) < 4.78 is 11.5. The fourth-order valence-electron chi connectivity index (χ4n) is 3.43. The average Bonchev–Trinajstić information content (AvgIpc) is 3.18. The first kappa shape index (κ1) is 25.1. The molecule has 3 aromatic carbocycles. The van der Waals surface area contributed by atoms with E-state index in [2.05, 4.69) is 15.6 Å². The minimum atomic E-state index is -0.270. The van der Waals surface area contributed by atoms with Gasteiger partial charge in [0.2, 0.25) is 0 Å². The molecule has 3 aromatic rings. The summed E-state index contributed by atoms with van der Waals surface area (Å²) in [4.78, 5) is 29.8. The second-order valence-corrected chi connectivity index (χ2v) is 9.19. The summed E-state index contributed by atoms with van der Waals surface area (Å²) in [5.41, 5.74) is 4.46. The molecule has 2 amide bonds. The van der Waals surface area contributed by atoms with Crippen molar-refractivity contribution < 1.29 is 19.1 Å². The van der Waals surface area contributed by atoms with Gasteiger partial charge in [-0.3, -0.25) is 9.59 Å². The minimum Gasteiger partial charge on any atom is -0.490 e. The van der Waals surface area contributed by atoms with Crippen molar-refractivity contribution in [3.05, 3.63) is 88.3 Å². The lowest BCUT2D eigenvalue weighted by Gasteiger charge is -2.13. The second-order valence-electron chi connectivity index (χ2n) is 8.16. The molecule has 0 aromatic heterocycles. The number of hydrogen-bond acceptors (Lipinski definition) is 6. The number of rotatable bonds is 8. The molecule has 2 N–H and O–H groups in total. The average molecular weight is 502 g/mol. The molecule has 36 heavy (non-hydrogen) atoms. The van der Waals surface area contributed by atoms with Crippen LogP contribution in [0.1, 0.15) is 23.6 Å². The van der Waals surface area contributed by atoms with Crippen molar-refractivity contribution in [1.82, 2.24) is 5.32 Å². The van der Waals surface area contributed by atoms with Crippen LogP contribution in [0.2, 0.25) is 0 Å². The molecule has 8 heteroatoms. The first-order valence-electron chi connectivity index (χ1n) is 11.5. The van der Waals surface area contributed by atoms with E-state index in [0.717, 1.165) is 22.4 Å². The summed E-state index contributed by atoms with van der Waals surface area (Å²) in [6.45, 7) is 6.10. The molecule has 184 valence electrons. The van der Waals surface area contributed by atoms with Gasteiger partial charge in [-0.2, -0.15) is 0 Å². The number of thioether (sulfide) groups is 1. The maximum Gasteiger partial charge on any atom is 0.264 e. The molecule has 0 radical (unpaired) electrons. The maximum absolute atomic E-state index is 12.5. The number of hydrogen-bond donors (Lipinski definition) is 2. The second kappa shape index (κ2) is 11.6. The van der Waals surface area contributed by atoms with Crippen LogP contribution in [0.25, 0.3) is 6.08 Å². The van der Waals surface area contributed by atoms with Crippen LogP contribution in [0.15, 0.2) is 76.6 Å². The van der Waals surface area contributed by atoms with E-state index >= 15 is 0 Å². The third kappa shape index (κ3) is 6.76. The number of anilines is 1. The Morgan fingerprint density at radius 1 is 1.00 bits per heavy atom. The number of amidine groups is 1. The summed E-state index contributed by atoms with van der Waals surface area (Å²) in [7, 11) is 0. The molecule has 0 aliphatic carbocycles. The van der Waals surface area contributed by atoms with Crippen LogP contribution in [0.4, 0.5) is 11.4 Å². The van der Waals surface area contributed by atoms with Crippen LogP contribution >= 0.6 is 11.8 Å². The maximum atomic E-state index is 12.5. The first-order chi connectivity index (χ1) is 17.4. The van der Waals surface area contributed by atoms with Gasteiger partial charge in [-0.15, -0.1) is 0 Å². The van der Waals surface area contributed by atoms with Crippen LogP contribution in [0, 0.1) is 13.8 Å². The third-order valence-electron chi connectivity index (χ3n) is 5.14. The molecule has 4 rings (SSSR count). The molecule has 0 spiro atoms. The molecule has 1 heterocycles. The minimum absolute atomic E-state index is 0.161. The van der Waals surface area contributed by atoms with Gasteiger partial charge in [0.25, 0.3) is 11.8 Å². The number of amides is 2. The Labute approximate surface area is 214 Å². The largest absolute Gasteiger partial charge is 0.490 e. The molecule has 0 unspecified atom stereocenters. The zero-order chi connectivity index (χ0) is 25.5. The predicted octanol–water partition coefficient (Wildman–Crippen LogP) is 5.61. The number of carbonyl (C=O) groups excluding carboxylic acids is 2. The standard InChI is InChI=1S/C28H27N3O4S/c1-4-34-24-15-20(10-13-23(24)35-17-26(32)29-22-7-5-6-19(3)14-22)16-25-27(33)31-28(36-25)30-21-11-8-18(2)9-12-21/h5-16H,4,17H2,1-3H3,(H,29,32)(H,30,31,33)/b25-16-. The highest BCUT2D eigenvalue weighted by Crippen LogP contribution is 2.32. The highest BCUT2D eigenvalue weighted by atomic mass is 32.2. The number of benzene rings is 3. The van der Waals surface area contributed by atoms with Crippen LogP contribution in [0.5, 0.6) is 11.5 Å². The summed E-state index contributed by atoms with van der Waals surface area (Å²) in [5, 5.41) is 6.15. The Balaban J connectivity index is 1.44. The van der Waals surface area contributed by atoms with E-state index in [9.17, 15) is 9.59 Å². The van der Waals surface area contributed by atoms with E-state index in [-0.39, 0.29) is 18.4 Å². The molecule has 1 aliphatic rings. The fourth-order valence-corrected chi connectivity index (χ4v) is 4.28. The highest BCUT2D eigenvalue weighted by molar-refractivity contribution is 8.18. The van der Waals surface area contributed by atoms with E-state index in [4.69, 9.17) is 9.47 Å². The molecule has 1 saturated heterocycles. The van der Waals surface area contributed by atoms with E-state index in [1.807, 2.05) is 75.4 Å². The van der Waals surface area contributed by atoms with E-state index in [0.29, 0.717) is 33.9 Å². The Morgan fingerprint density at radius 3 is 2.56 bits per heavy atom. The van der Waals surface area contributed by atoms with Gasteiger partial charge in [0.1, 0.15) is 0 Å². The van der Waals surface area contributed by atoms with Gasteiger partial charge in [-0.1, -0.05) is 35.9 Å². The van der Waals surface area contributed by atoms with E-state index in [1.54, 1.807) is 18.2 Å². The third-order valence-corrected chi connectivity index (χ3v) is 6.05. The zero-order valence-electron chi connectivity index (χ0n) is 20.3. The SMILES string of the molecule is CCOc1cc(/C=C2\SC(=Nc3ccc(C)cc3)NC2=O)ccc1OCC(=O)Nc1cccc(C)c1. The molecule has 0 atom stereocenters. The van der Waals surface area contributed by atoms with Crippen molar-refractivity contribution in [2.75, 3.05) is 18.5 Å². The van der Waals surface area contributed by atoms with Crippen molar-refractivity contribution in [1.29, 1.82) is 0 Å². The Morgan fingerprint density at radius 2 is 1.81 bits per heavy atom. The Hall–Kier alpha value is -4.04. The van der Waals surface area contributed by atoms with Crippen molar-refractivity contribution in [3.8, 4) is 11.5 Å². The Kier molecular flexibility index (Phi) is 8.07. The fraction of sp³-hybridized carbons (Fsp3) is 0.179. The normalized spacial score (nSPS) is 15.1. The van der Waals surface area contributed by atoms with Crippen molar-refractivity contribution in [2.45, 2.75) is 20.8 Å². The van der Waals surface area contributed by atoms with Gasteiger partial charge in [0.05, 0.1) is 17.2 Å². The van der Waals surface area contributed by atoms with E-state index in [1.165, 1.54) is 11.8 Å². The van der Waals surface area contributed by atoms with Crippen molar-refractivity contribution in [2.24, 2.45) is 4.99 Å². The molecule has 0 saturated carbocycles. The predicted molar refractivity (Wildman–Crippen MR) is 145 cm³/mol. The van der Waals surface area contributed by atoms with Crippen LogP contribution in [0.3, 0.4) is 0 Å². The summed E-state index contributed by atoms with van der Waals surface area (Å²) >= 11 is 1.28. The number of nitrogens with one attached hydrogen (secondary N) is 2. The number of nitrogens with zero attached hydrogens (tertiary/aromatic N) is 1. The van der Waals surface area contributed by atoms with E-state index < -0.39 is 0 Å². The highest BCUT2D eigenvalue weighted by Gasteiger charge is 2.24. The molecular formula is C28H27N3O4S. The van der Waals surface area contributed by atoms with Crippen molar-refractivity contribution >= 4 is 46.2 Å². The van der Waals surface area contributed by atoms with Crippen LogP contribution in [-0.2, 0) is 9.59 Å². The number of aliphatic imine (C=N–C) groups is 1. The molecular weight excluding hydrogens is 474 g/mol. The molecule has 1 fully saturated rings. The van der Waals surface area contributed by atoms with Crippen LogP contribution < -0.4 is 20.1 Å². The number of carbonyl (C=O) groups is 2. The number of ether oxygens (including phenoxy) is 2. The summed E-state index contributed by atoms with van der Waals surface area (Å²) in [6, 6.07) is 20.7. The van der Waals surface area contributed by atoms with Gasteiger partial charge in [0.15, 0.2) is 23.3 Å². The zero-order valence-corrected chi connectivity index (χ0v) is 21.1. The van der Waals surface area contributed by atoms with Gasteiger partial charge < -0.3 is 20.1 Å². The number of aryl methyl sites for hydroxylation is 2. The Bertz CT molecular complexity index is 1330. The lowest BCUT2D eigenvalue weighted by atomic mass is 10.2. The molecule has 0 bridgehead atoms. The summed E-state index contributed by atoms with van der Waals surface area (Å²) in [5.74, 6) is 0.460. The summed E-state index contributed by atoms with van der Waals surface area (Å²) in [6.07, 6.45) is 1.77. The monoisotopic (exact) mass is 501 g/mol. The van der Waals surface area contributed by atoms with Gasteiger partial charge >= 0.3 is 0 Å².